The van der Waals surface area contributed by atoms with Crippen LogP contribution in [0.2, 0.25) is 0 Å². The van der Waals surface area contributed by atoms with Gasteiger partial charge in [0.2, 0.25) is 5.67 Å². The number of hydroxylamine groups is 1. The highest BCUT2D eigenvalue weighted by molar-refractivity contribution is 5.95. The van der Waals surface area contributed by atoms with E-state index >= 15 is 4.39 Å². The molecule has 1 aliphatic carbocycles. The molecule has 1 fully saturated rings. The SMILES string of the molecule is CCCN(CCC)CC(C)NC(=O)c1ccc(C2C(c3ccccc3)C2(F)C(=O)NO)cc1. The first-order valence-electron chi connectivity index (χ1n) is 11.7. The fourth-order valence-corrected chi connectivity index (χ4v) is 4.76. The molecule has 4 atom stereocenters. The number of nitrogens with zero attached hydrogens (tertiary/aromatic N) is 1. The lowest BCUT2D eigenvalue weighted by atomic mass is 10.0. The minimum absolute atomic E-state index is 0.00656. The molecular formula is C26H34FN3O3. The molecule has 33 heavy (non-hydrogen) atoms. The first kappa shape index (κ1) is 24.9. The standard InChI is InChI=1S/C26H34FN3O3/c1-4-15-30(16-5-2)17-18(3)28-24(31)21-13-11-20(12-14-21)23-22(19-9-7-6-8-10-19)26(23,27)25(32)29-33/h6-14,18,22-23,33H,4-5,15-17H2,1-3H3,(H,28,31)(H,29,32). The first-order valence-corrected chi connectivity index (χ1v) is 11.7. The zero-order chi connectivity index (χ0) is 24.0. The molecule has 3 N–H and O–H groups in total. The maximum atomic E-state index is 15.6. The van der Waals surface area contributed by atoms with Crippen LogP contribution in [0, 0.1) is 0 Å². The van der Waals surface area contributed by atoms with Gasteiger partial charge in [-0.1, -0.05) is 56.3 Å². The van der Waals surface area contributed by atoms with Crippen LogP contribution < -0.4 is 10.8 Å². The molecule has 2 aromatic carbocycles. The fraction of sp³-hybridized carbons (Fsp3) is 0.462. The summed E-state index contributed by atoms with van der Waals surface area (Å²) in [6, 6.07) is 15.6. The lowest BCUT2D eigenvalue weighted by Crippen LogP contribution is -2.42. The van der Waals surface area contributed by atoms with Crippen LogP contribution in [-0.4, -0.2) is 53.3 Å². The average Bonchev–Trinajstić information content (AvgIpc) is 3.46. The topological polar surface area (TPSA) is 81.7 Å². The van der Waals surface area contributed by atoms with Crippen molar-refractivity contribution in [2.24, 2.45) is 0 Å². The van der Waals surface area contributed by atoms with Gasteiger partial charge < -0.3 is 10.2 Å². The molecule has 6 nitrogen and oxygen atoms in total. The number of carbonyl (C=O) groups is 2. The number of amides is 2. The van der Waals surface area contributed by atoms with Gasteiger partial charge in [-0.15, -0.1) is 0 Å². The Bertz CT molecular complexity index is 932. The fourth-order valence-electron chi connectivity index (χ4n) is 4.76. The Morgan fingerprint density at radius 1 is 1.00 bits per heavy atom. The molecule has 3 rings (SSSR count). The summed E-state index contributed by atoms with van der Waals surface area (Å²) in [4.78, 5) is 27.2. The summed E-state index contributed by atoms with van der Waals surface area (Å²) in [5.41, 5.74) is 1.01. The van der Waals surface area contributed by atoms with Gasteiger partial charge in [-0.05, 0) is 56.1 Å². The van der Waals surface area contributed by atoms with E-state index in [0.717, 1.165) is 32.5 Å². The molecule has 1 saturated carbocycles. The van der Waals surface area contributed by atoms with Gasteiger partial charge in [-0.25, -0.2) is 9.87 Å². The molecule has 7 heteroatoms. The number of hydrogen-bond acceptors (Lipinski definition) is 4. The van der Waals surface area contributed by atoms with Crippen LogP contribution in [0.5, 0.6) is 0 Å². The zero-order valence-electron chi connectivity index (χ0n) is 19.6. The summed E-state index contributed by atoms with van der Waals surface area (Å²) < 4.78 is 15.6. The molecule has 0 saturated heterocycles. The van der Waals surface area contributed by atoms with Gasteiger partial charge in [-0.2, -0.15) is 0 Å². The van der Waals surface area contributed by atoms with Crippen LogP contribution >= 0.6 is 0 Å². The second-order valence-electron chi connectivity index (χ2n) is 8.87. The summed E-state index contributed by atoms with van der Waals surface area (Å²) in [5.74, 6) is -2.67. The van der Waals surface area contributed by atoms with E-state index in [9.17, 15) is 9.59 Å². The summed E-state index contributed by atoms with van der Waals surface area (Å²) >= 11 is 0. The van der Waals surface area contributed by atoms with E-state index in [0.29, 0.717) is 16.7 Å². The van der Waals surface area contributed by atoms with Crippen molar-refractivity contribution >= 4 is 11.8 Å². The molecule has 0 radical (unpaired) electrons. The highest BCUT2D eigenvalue weighted by atomic mass is 19.1. The minimum atomic E-state index is -2.24. The molecular weight excluding hydrogens is 421 g/mol. The van der Waals surface area contributed by atoms with Crippen LogP contribution in [0.1, 0.15) is 66.9 Å². The smallest absolute Gasteiger partial charge is 0.282 e. The molecule has 0 aromatic heterocycles. The quantitative estimate of drug-likeness (QED) is 0.353. The monoisotopic (exact) mass is 455 g/mol. The number of halogens is 1. The molecule has 0 spiro atoms. The second-order valence-corrected chi connectivity index (χ2v) is 8.87. The maximum absolute atomic E-state index is 15.6. The molecule has 2 aromatic rings. The van der Waals surface area contributed by atoms with Gasteiger partial charge in [0.25, 0.3) is 11.8 Å². The maximum Gasteiger partial charge on any atom is 0.282 e. The molecule has 0 heterocycles. The number of rotatable bonds is 11. The lowest BCUT2D eigenvalue weighted by Gasteiger charge is -2.25. The predicted octanol–water partition coefficient (Wildman–Crippen LogP) is 4.02. The van der Waals surface area contributed by atoms with E-state index in [2.05, 4.69) is 24.1 Å². The van der Waals surface area contributed by atoms with Crippen molar-refractivity contribution in [3.05, 3.63) is 71.3 Å². The predicted molar refractivity (Wildman–Crippen MR) is 126 cm³/mol. The number of alkyl halides is 1. The first-order chi connectivity index (χ1) is 15.9. The van der Waals surface area contributed by atoms with Gasteiger partial charge in [0.1, 0.15) is 0 Å². The Kier molecular flexibility index (Phi) is 8.21. The van der Waals surface area contributed by atoms with Gasteiger partial charge >= 0.3 is 0 Å². The number of nitrogens with one attached hydrogen (secondary N) is 2. The molecule has 0 aliphatic heterocycles. The molecule has 4 unspecified atom stereocenters. The van der Waals surface area contributed by atoms with E-state index in [1.807, 2.05) is 13.0 Å². The van der Waals surface area contributed by atoms with E-state index in [1.54, 1.807) is 48.5 Å². The highest BCUT2D eigenvalue weighted by Gasteiger charge is 2.72. The summed E-state index contributed by atoms with van der Waals surface area (Å²) in [7, 11) is 0. The van der Waals surface area contributed by atoms with Crippen molar-refractivity contribution in [3.63, 3.8) is 0 Å². The molecule has 178 valence electrons. The van der Waals surface area contributed by atoms with Crippen LogP contribution in [0.25, 0.3) is 0 Å². The minimum Gasteiger partial charge on any atom is -0.348 e. The van der Waals surface area contributed by atoms with Crippen molar-refractivity contribution < 1.29 is 19.2 Å². The Hall–Kier alpha value is -2.77. The van der Waals surface area contributed by atoms with Crippen molar-refractivity contribution in [2.75, 3.05) is 19.6 Å². The van der Waals surface area contributed by atoms with Crippen molar-refractivity contribution in [1.29, 1.82) is 0 Å². The highest BCUT2D eigenvalue weighted by Crippen LogP contribution is 2.66. The van der Waals surface area contributed by atoms with Crippen LogP contribution in [0.3, 0.4) is 0 Å². The van der Waals surface area contributed by atoms with E-state index in [4.69, 9.17) is 5.21 Å². The summed E-state index contributed by atoms with van der Waals surface area (Å²) in [5, 5.41) is 12.1. The Balaban J connectivity index is 1.70. The van der Waals surface area contributed by atoms with Crippen LogP contribution in [0.15, 0.2) is 54.6 Å². The van der Waals surface area contributed by atoms with Gasteiger partial charge in [0.05, 0.1) is 0 Å². The third-order valence-electron chi connectivity index (χ3n) is 6.26. The molecule has 2 amide bonds. The Morgan fingerprint density at radius 2 is 1.55 bits per heavy atom. The number of carbonyl (C=O) groups excluding carboxylic acids is 2. The Morgan fingerprint density at radius 3 is 2.06 bits per heavy atom. The van der Waals surface area contributed by atoms with E-state index in [-0.39, 0.29) is 11.9 Å². The van der Waals surface area contributed by atoms with Gasteiger partial charge in [0, 0.05) is 30.0 Å². The van der Waals surface area contributed by atoms with Gasteiger partial charge in [0.15, 0.2) is 0 Å². The van der Waals surface area contributed by atoms with Crippen LogP contribution in [-0.2, 0) is 4.79 Å². The van der Waals surface area contributed by atoms with E-state index < -0.39 is 23.4 Å². The largest absolute Gasteiger partial charge is 0.348 e. The van der Waals surface area contributed by atoms with Crippen molar-refractivity contribution in [3.8, 4) is 0 Å². The zero-order valence-corrected chi connectivity index (χ0v) is 19.6. The summed E-state index contributed by atoms with van der Waals surface area (Å²) in [6.07, 6.45) is 2.13. The normalized spacial score (nSPS) is 22.6. The van der Waals surface area contributed by atoms with Crippen molar-refractivity contribution in [2.45, 2.75) is 57.2 Å². The molecule has 0 bridgehead atoms. The third-order valence-corrected chi connectivity index (χ3v) is 6.26. The lowest BCUT2D eigenvalue weighted by molar-refractivity contribution is -0.136. The van der Waals surface area contributed by atoms with Crippen LogP contribution in [0.4, 0.5) is 4.39 Å². The third kappa shape index (κ3) is 5.42. The number of hydrogen-bond donors (Lipinski definition) is 3. The summed E-state index contributed by atoms with van der Waals surface area (Å²) in [6.45, 7) is 9.06. The molecule has 1 aliphatic rings. The van der Waals surface area contributed by atoms with Crippen molar-refractivity contribution in [1.82, 2.24) is 15.7 Å². The average molecular weight is 456 g/mol. The van der Waals surface area contributed by atoms with Gasteiger partial charge in [-0.3, -0.25) is 14.8 Å². The van der Waals surface area contributed by atoms with E-state index in [1.165, 1.54) is 5.48 Å². The second kappa shape index (κ2) is 10.9. The number of benzene rings is 2. The Labute approximate surface area is 195 Å².